The Labute approximate surface area is 105 Å². The fraction of sp³-hybridized carbons (Fsp3) is 0.385. The third-order valence-electron chi connectivity index (χ3n) is 2.81. The SMILES string of the molecule is NC(Cc1c(F)cccc1Cl)C1=CCCCO1. The minimum atomic E-state index is -0.329. The summed E-state index contributed by atoms with van der Waals surface area (Å²) in [6, 6.07) is 4.32. The van der Waals surface area contributed by atoms with Gasteiger partial charge in [-0.2, -0.15) is 0 Å². The van der Waals surface area contributed by atoms with E-state index in [1.165, 1.54) is 6.07 Å². The number of benzene rings is 1. The average Bonchev–Trinajstić information content (AvgIpc) is 2.35. The Hall–Kier alpha value is -1.06. The number of allylic oxidation sites excluding steroid dienone is 1. The fourth-order valence-electron chi connectivity index (χ4n) is 1.88. The molecule has 1 unspecified atom stereocenters. The van der Waals surface area contributed by atoms with E-state index in [-0.39, 0.29) is 11.9 Å². The van der Waals surface area contributed by atoms with Crippen LogP contribution in [0.25, 0.3) is 0 Å². The first-order valence-electron chi connectivity index (χ1n) is 5.70. The number of halogens is 2. The molecule has 0 amide bonds. The summed E-state index contributed by atoms with van der Waals surface area (Å²) in [6.45, 7) is 0.685. The van der Waals surface area contributed by atoms with E-state index >= 15 is 0 Å². The van der Waals surface area contributed by atoms with Crippen molar-refractivity contribution in [1.82, 2.24) is 0 Å². The third kappa shape index (κ3) is 2.99. The van der Waals surface area contributed by atoms with Crippen molar-refractivity contribution in [2.24, 2.45) is 5.73 Å². The van der Waals surface area contributed by atoms with Crippen molar-refractivity contribution in [1.29, 1.82) is 0 Å². The largest absolute Gasteiger partial charge is 0.497 e. The van der Waals surface area contributed by atoms with Gasteiger partial charge in [0.2, 0.25) is 0 Å². The highest BCUT2D eigenvalue weighted by Crippen LogP contribution is 2.23. The maximum absolute atomic E-state index is 13.6. The molecule has 0 saturated carbocycles. The van der Waals surface area contributed by atoms with E-state index in [1.807, 2.05) is 6.08 Å². The first-order chi connectivity index (χ1) is 8.18. The lowest BCUT2D eigenvalue weighted by molar-refractivity contribution is 0.175. The second-order valence-corrected chi connectivity index (χ2v) is 4.52. The van der Waals surface area contributed by atoms with Crippen LogP contribution in [0.15, 0.2) is 30.0 Å². The molecule has 0 fully saturated rings. The van der Waals surface area contributed by atoms with Crippen LogP contribution in [-0.2, 0) is 11.2 Å². The number of ether oxygens (including phenoxy) is 1. The highest BCUT2D eigenvalue weighted by Gasteiger charge is 2.17. The highest BCUT2D eigenvalue weighted by atomic mass is 35.5. The first-order valence-corrected chi connectivity index (χ1v) is 6.07. The third-order valence-corrected chi connectivity index (χ3v) is 3.17. The molecule has 0 spiro atoms. The van der Waals surface area contributed by atoms with Gasteiger partial charge >= 0.3 is 0 Å². The number of hydrogen-bond acceptors (Lipinski definition) is 2. The van der Waals surface area contributed by atoms with Gasteiger partial charge in [0, 0.05) is 10.6 Å². The zero-order chi connectivity index (χ0) is 12.3. The molecule has 92 valence electrons. The van der Waals surface area contributed by atoms with Crippen molar-refractivity contribution < 1.29 is 9.13 Å². The van der Waals surface area contributed by atoms with Gasteiger partial charge in [-0.05, 0) is 37.5 Å². The molecule has 1 aromatic rings. The van der Waals surface area contributed by atoms with Crippen molar-refractivity contribution in [2.75, 3.05) is 6.61 Å². The Bertz CT molecular complexity index is 413. The second kappa shape index (κ2) is 5.52. The van der Waals surface area contributed by atoms with E-state index in [9.17, 15) is 4.39 Å². The first kappa shape index (κ1) is 12.4. The molecule has 0 aromatic heterocycles. The van der Waals surface area contributed by atoms with E-state index < -0.39 is 0 Å². The maximum atomic E-state index is 13.6. The van der Waals surface area contributed by atoms with Crippen LogP contribution in [0, 0.1) is 5.82 Å². The number of nitrogens with two attached hydrogens (primary N) is 1. The molecule has 2 rings (SSSR count). The highest BCUT2D eigenvalue weighted by molar-refractivity contribution is 6.31. The van der Waals surface area contributed by atoms with Crippen molar-refractivity contribution in [2.45, 2.75) is 25.3 Å². The molecule has 2 N–H and O–H groups in total. The Kier molecular flexibility index (Phi) is 4.02. The fourth-order valence-corrected chi connectivity index (χ4v) is 2.12. The average molecular weight is 256 g/mol. The normalized spacial score (nSPS) is 17.2. The van der Waals surface area contributed by atoms with E-state index in [0.717, 1.165) is 18.6 Å². The number of hydrogen-bond donors (Lipinski definition) is 1. The summed E-state index contributed by atoms with van der Waals surface area (Å²) in [5.74, 6) is 0.430. The van der Waals surface area contributed by atoms with Crippen molar-refractivity contribution in [3.63, 3.8) is 0 Å². The van der Waals surface area contributed by atoms with Crippen LogP contribution in [-0.4, -0.2) is 12.6 Å². The Morgan fingerprint density at radius 2 is 2.29 bits per heavy atom. The molecule has 0 saturated heterocycles. The molecule has 1 heterocycles. The molecule has 0 bridgehead atoms. The molecule has 1 atom stereocenters. The van der Waals surface area contributed by atoms with Crippen LogP contribution in [0.2, 0.25) is 5.02 Å². The van der Waals surface area contributed by atoms with E-state index in [4.69, 9.17) is 22.1 Å². The van der Waals surface area contributed by atoms with Crippen molar-refractivity contribution in [3.8, 4) is 0 Å². The Balaban J connectivity index is 2.12. The van der Waals surface area contributed by atoms with Crippen molar-refractivity contribution in [3.05, 3.63) is 46.4 Å². The molecule has 1 aromatic carbocycles. The topological polar surface area (TPSA) is 35.2 Å². The molecule has 0 radical (unpaired) electrons. The lowest BCUT2D eigenvalue weighted by atomic mass is 10.0. The van der Waals surface area contributed by atoms with Crippen molar-refractivity contribution >= 4 is 11.6 Å². The quantitative estimate of drug-likeness (QED) is 0.901. The lowest BCUT2D eigenvalue weighted by Crippen LogP contribution is -2.28. The van der Waals surface area contributed by atoms with Gasteiger partial charge in [0.15, 0.2) is 0 Å². The maximum Gasteiger partial charge on any atom is 0.127 e. The lowest BCUT2D eigenvalue weighted by Gasteiger charge is -2.21. The van der Waals surface area contributed by atoms with Gasteiger partial charge in [0.05, 0.1) is 12.6 Å². The zero-order valence-electron chi connectivity index (χ0n) is 9.46. The van der Waals surface area contributed by atoms with Crippen LogP contribution in [0.3, 0.4) is 0 Å². The summed E-state index contributed by atoms with van der Waals surface area (Å²) in [5.41, 5.74) is 6.45. The molecule has 4 heteroatoms. The van der Waals surface area contributed by atoms with Crippen LogP contribution in [0.1, 0.15) is 18.4 Å². The monoisotopic (exact) mass is 255 g/mol. The second-order valence-electron chi connectivity index (χ2n) is 4.11. The predicted molar refractivity (Wildman–Crippen MR) is 66.4 cm³/mol. The van der Waals surface area contributed by atoms with Gasteiger partial charge in [-0.3, -0.25) is 0 Å². The van der Waals surface area contributed by atoms with Crippen LogP contribution >= 0.6 is 11.6 Å². The zero-order valence-corrected chi connectivity index (χ0v) is 10.2. The van der Waals surface area contributed by atoms with E-state index in [0.29, 0.717) is 23.6 Å². The van der Waals surface area contributed by atoms with Gasteiger partial charge in [-0.25, -0.2) is 4.39 Å². The Morgan fingerprint density at radius 3 is 2.94 bits per heavy atom. The van der Waals surface area contributed by atoms with Crippen LogP contribution in [0.4, 0.5) is 4.39 Å². The molecule has 0 aliphatic carbocycles. The summed E-state index contributed by atoms with van der Waals surface area (Å²) in [6.07, 6.45) is 4.31. The minimum Gasteiger partial charge on any atom is -0.497 e. The van der Waals surface area contributed by atoms with Gasteiger partial charge < -0.3 is 10.5 Å². The van der Waals surface area contributed by atoms with E-state index in [1.54, 1.807) is 12.1 Å². The Morgan fingerprint density at radius 1 is 1.47 bits per heavy atom. The summed E-state index contributed by atoms with van der Waals surface area (Å²) in [5, 5.41) is 0.414. The molecule has 1 aliphatic heterocycles. The molecule has 2 nitrogen and oxygen atoms in total. The van der Waals surface area contributed by atoms with Gasteiger partial charge in [0.1, 0.15) is 11.6 Å². The standard InChI is InChI=1S/C13H15ClFNO/c14-10-4-3-5-11(15)9(10)8-12(16)13-6-1-2-7-17-13/h3-6,12H,1-2,7-8,16H2. The van der Waals surface area contributed by atoms with Gasteiger partial charge in [0.25, 0.3) is 0 Å². The summed E-state index contributed by atoms with van der Waals surface area (Å²) in [4.78, 5) is 0. The van der Waals surface area contributed by atoms with Gasteiger partial charge in [-0.15, -0.1) is 0 Å². The molecule has 17 heavy (non-hydrogen) atoms. The van der Waals surface area contributed by atoms with Gasteiger partial charge in [-0.1, -0.05) is 17.7 Å². The molecule has 1 aliphatic rings. The predicted octanol–water partition coefficient (Wildman–Crippen LogP) is 3.04. The van der Waals surface area contributed by atoms with Crippen LogP contribution in [0.5, 0.6) is 0 Å². The number of rotatable bonds is 3. The minimum absolute atomic E-state index is 0.315. The molecular formula is C13H15ClFNO. The smallest absolute Gasteiger partial charge is 0.127 e. The molecular weight excluding hydrogens is 241 g/mol. The summed E-state index contributed by atoms with van der Waals surface area (Å²) in [7, 11) is 0. The summed E-state index contributed by atoms with van der Waals surface area (Å²) < 4.78 is 19.0. The van der Waals surface area contributed by atoms with Crippen LogP contribution < -0.4 is 5.73 Å². The summed E-state index contributed by atoms with van der Waals surface area (Å²) >= 11 is 5.96. The van der Waals surface area contributed by atoms with E-state index in [2.05, 4.69) is 0 Å².